The lowest BCUT2D eigenvalue weighted by molar-refractivity contribution is 0.0697. The number of aromatic carboxylic acids is 1. The van der Waals surface area contributed by atoms with E-state index >= 15 is 0 Å². The van der Waals surface area contributed by atoms with Gasteiger partial charge in [-0.05, 0) is 42.5 Å². The van der Waals surface area contributed by atoms with Crippen LogP contribution < -0.4 is 0 Å². The van der Waals surface area contributed by atoms with Gasteiger partial charge in [0.1, 0.15) is 0 Å². The van der Waals surface area contributed by atoms with Crippen molar-refractivity contribution in [2.24, 2.45) is 0 Å². The van der Waals surface area contributed by atoms with Crippen LogP contribution in [0.5, 0.6) is 0 Å². The summed E-state index contributed by atoms with van der Waals surface area (Å²) in [6, 6.07) is 6.79. The van der Waals surface area contributed by atoms with Gasteiger partial charge >= 0.3 is 5.97 Å². The largest absolute Gasteiger partial charge is 0.478 e. The van der Waals surface area contributed by atoms with Crippen molar-refractivity contribution in [3.8, 4) is 6.07 Å². The van der Waals surface area contributed by atoms with Crippen LogP contribution >= 0.6 is 0 Å². The van der Waals surface area contributed by atoms with Crippen LogP contribution in [0.15, 0.2) is 18.2 Å². The standard InChI is InChI=1S/C11H9NO2/c12-6-9-4-3-8(11(13)14)5-10(9)7-1-2-7/h3-5,7H,1-2H2,(H,13,14). The maximum Gasteiger partial charge on any atom is 0.335 e. The fourth-order valence-electron chi connectivity index (χ4n) is 1.53. The number of nitriles is 1. The summed E-state index contributed by atoms with van der Waals surface area (Å²) in [7, 11) is 0. The summed E-state index contributed by atoms with van der Waals surface area (Å²) in [6.07, 6.45) is 2.13. The molecule has 0 unspecified atom stereocenters. The van der Waals surface area contributed by atoms with Gasteiger partial charge in [-0.3, -0.25) is 0 Å². The van der Waals surface area contributed by atoms with Gasteiger partial charge in [0.25, 0.3) is 0 Å². The molecule has 0 saturated heterocycles. The molecule has 3 nitrogen and oxygen atoms in total. The molecule has 1 aromatic carbocycles. The van der Waals surface area contributed by atoms with Crippen molar-refractivity contribution in [1.29, 1.82) is 5.26 Å². The Balaban J connectivity index is 2.48. The number of carbonyl (C=O) groups is 1. The summed E-state index contributed by atoms with van der Waals surface area (Å²) >= 11 is 0. The van der Waals surface area contributed by atoms with Gasteiger partial charge in [0.15, 0.2) is 0 Å². The molecule has 0 atom stereocenters. The normalized spacial score (nSPS) is 14.8. The first-order valence-corrected chi connectivity index (χ1v) is 4.49. The summed E-state index contributed by atoms with van der Waals surface area (Å²) in [5.41, 5.74) is 1.77. The highest BCUT2D eigenvalue weighted by molar-refractivity contribution is 5.88. The van der Waals surface area contributed by atoms with Gasteiger partial charge in [0.05, 0.1) is 17.2 Å². The van der Waals surface area contributed by atoms with Crippen LogP contribution in [0.4, 0.5) is 0 Å². The van der Waals surface area contributed by atoms with E-state index in [1.807, 2.05) is 0 Å². The van der Waals surface area contributed by atoms with Gasteiger partial charge < -0.3 is 5.11 Å². The van der Waals surface area contributed by atoms with E-state index in [1.54, 1.807) is 12.1 Å². The minimum absolute atomic E-state index is 0.269. The van der Waals surface area contributed by atoms with Crippen LogP contribution in [-0.2, 0) is 0 Å². The fraction of sp³-hybridized carbons (Fsp3) is 0.273. The predicted octanol–water partition coefficient (Wildman–Crippen LogP) is 2.13. The summed E-state index contributed by atoms with van der Waals surface area (Å²) < 4.78 is 0. The highest BCUT2D eigenvalue weighted by Crippen LogP contribution is 2.41. The van der Waals surface area contributed by atoms with E-state index in [0.29, 0.717) is 11.5 Å². The third-order valence-electron chi connectivity index (χ3n) is 2.44. The first-order chi connectivity index (χ1) is 6.72. The zero-order valence-corrected chi connectivity index (χ0v) is 7.53. The lowest BCUT2D eigenvalue weighted by Crippen LogP contribution is -1.98. The molecule has 0 radical (unpaired) electrons. The zero-order chi connectivity index (χ0) is 10.1. The molecule has 70 valence electrons. The van der Waals surface area contributed by atoms with E-state index in [2.05, 4.69) is 6.07 Å². The average Bonchev–Trinajstić information content (AvgIpc) is 3.00. The Kier molecular flexibility index (Phi) is 1.97. The Morgan fingerprint density at radius 1 is 1.50 bits per heavy atom. The number of rotatable bonds is 2. The van der Waals surface area contributed by atoms with Crippen molar-refractivity contribution in [3.63, 3.8) is 0 Å². The minimum atomic E-state index is -0.934. The number of carboxylic acids is 1. The second kappa shape index (κ2) is 3.15. The van der Waals surface area contributed by atoms with Crippen molar-refractivity contribution in [3.05, 3.63) is 34.9 Å². The number of hydrogen-bond donors (Lipinski definition) is 1. The predicted molar refractivity (Wildman–Crippen MR) is 50.1 cm³/mol. The molecule has 14 heavy (non-hydrogen) atoms. The van der Waals surface area contributed by atoms with E-state index in [4.69, 9.17) is 10.4 Å². The summed E-state index contributed by atoms with van der Waals surface area (Å²) in [5.74, 6) is -0.527. The Hall–Kier alpha value is -1.82. The molecule has 0 aromatic heterocycles. The van der Waals surface area contributed by atoms with E-state index in [-0.39, 0.29) is 5.56 Å². The molecule has 3 heteroatoms. The molecule has 1 fully saturated rings. The number of carboxylic acid groups (broad SMARTS) is 1. The van der Waals surface area contributed by atoms with Crippen LogP contribution in [0.3, 0.4) is 0 Å². The lowest BCUT2D eigenvalue weighted by atomic mass is 10.0. The molecule has 0 heterocycles. The monoisotopic (exact) mass is 187 g/mol. The van der Waals surface area contributed by atoms with Crippen LogP contribution in [0.1, 0.15) is 40.2 Å². The Labute approximate surface area is 81.6 Å². The van der Waals surface area contributed by atoms with Crippen LogP contribution in [-0.4, -0.2) is 11.1 Å². The van der Waals surface area contributed by atoms with Crippen molar-refractivity contribution in [2.45, 2.75) is 18.8 Å². The number of hydrogen-bond acceptors (Lipinski definition) is 2. The average molecular weight is 187 g/mol. The molecule has 1 aliphatic carbocycles. The van der Waals surface area contributed by atoms with Crippen molar-refractivity contribution in [1.82, 2.24) is 0 Å². The van der Waals surface area contributed by atoms with Crippen molar-refractivity contribution >= 4 is 5.97 Å². The first kappa shape index (κ1) is 8.76. The van der Waals surface area contributed by atoms with E-state index in [1.165, 1.54) is 6.07 Å². The molecule has 0 aliphatic heterocycles. The van der Waals surface area contributed by atoms with E-state index < -0.39 is 5.97 Å². The summed E-state index contributed by atoms with van der Waals surface area (Å²) in [4.78, 5) is 10.7. The molecule has 1 N–H and O–H groups in total. The summed E-state index contributed by atoms with van der Waals surface area (Å²) in [5, 5.41) is 17.6. The minimum Gasteiger partial charge on any atom is -0.478 e. The Bertz CT molecular complexity index is 427. The first-order valence-electron chi connectivity index (χ1n) is 4.49. The Morgan fingerprint density at radius 3 is 2.71 bits per heavy atom. The third-order valence-corrected chi connectivity index (χ3v) is 2.44. The highest BCUT2D eigenvalue weighted by atomic mass is 16.4. The topological polar surface area (TPSA) is 61.1 Å². The van der Waals surface area contributed by atoms with E-state index in [0.717, 1.165) is 18.4 Å². The van der Waals surface area contributed by atoms with Gasteiger partial charge in [-0.2, -0.15) is 5.26 Å². The van der Waals surface area contributed by atoms with Gasteiger partial charge in [-0.15, -0.1) is 0 Å². The highest BCUT2D eigenvalue weighted by Gasteiger charge is 2.26. The smallest absolute Gasteiger partial charge is 0.335 e. The molecular formula is C11H9NO2. The second-order valence-corrected chi connectivity index (χ2v) is 3.49. The fourth-order valence-corrected chi connectivity index (χ4v) is 1.53. The van der Waals surface area contributed by atoms with Crippen molar-refractivity contribution < 1.29 is 9.90 Å². The third kappa shape index (κ3) is 1.47. The van der Waals surface area contributed by atoms with Gasteiger partial charge in [-0.1, -0.05) is 0 Å². The van der Waals surface area contributed by atoms with Gasteiger partial charge in [0.2, 0.25) is 0 Å². The molecule has 2 rings (SSSR count). The molecule has 1 aliphatic rings. The molecule has 1 saturated carbocycles. The molecule has 0 spiro atoms. The van der Waals surface area contributed by atoms with Crippen LogP contribution in [0.25, 0.3) is 0 Å². The van der Waals surface area contributed by atoms with Crippen molar-refractivity contribution in [2.75, 3.05) is 0 Å². The van der Waals surface area contributed by atoms with E-state index in [9.17, 15) is 4.79 Å². The number of nitrogens with zero attached hydrogens (tertiary/aromatic N) is 1. The molecular weight excluding hydrogens is 178 g/mol. The molecule has 0 bridgehead atoms. The van der Waals surface area contributed by atoms with Gasteiger partial charge in [-0.25, -0.2) is 4.79 Å². The van der Waals surface area contributed by atoms with Crippen LogP contribution in [0.2, 0.25) is 0 Å². The second-order valence-electron chi connectivity index (χ2n) is 3.49. The van der Waals surface area contributed by atoms with Crippen LogP contribution in [0, 0.1) is 11.3 Å². The molecule has 1 aromatic rings. The lowest BCUT2D eigenvalue weighted by Gasteiger charge is -2.02. The zero-order valence-electron chi connectivity index (χ0n) is 7.53. The maximum absolute atomic E-state index is 10.7. The Morgan fingerprint density at radius 2 is 2.21 bits per heavy atom. The SMILES string of the molecule is N#Cc1ccc(C(=O)O)cc1C1CC1. The summed E-state index contributed by atoms with van der Waals surface area (Å²) in [6.45, 7) is 0. The number of benzene rings is 1. The quantitative estimate of drug-likeness (QED) is 0.771. The maximum atomic E-state index is 10.7. The van der Waals surface area contributed by atoms with Gasteiger partial charge in [0, 0.05) is 0 Å². The molecule has 0 amide bonds.